The molecule has 0 unspecified atom stereocenters. The van der Waals surface area contributed by atoms with E-state index in [1.54, 1.807) is 18.2 Å². The van der Waals surface area contributed by atoms with Crippen LogP contribution in [0.25, 0.3) is 0 Å². The van der Waals surface area contributed by atoms with Gasteiger partial charge in [-0.3, -0.25) is 14.5 Å². The monoisotopic (exact) mass is 505 g/mol. The van der Waals surface area contributed by atoms with Crippen LogP contribution in [0.5, 0.6) is 0 Å². The number of halogens is 2. The molecule has 2 aliphatic heterocycles. The zero-order valence-corrected chi connectivity index (χ0v) is 20.8. The van der Waals surface area contributed by atoms with E-state index in [0.29, 0.717) is 23.8 Å². The number of aryl methyl sites for hydroxylation is 1. The lowest BCUT2D eigenvalue weighted by atomic mass is 9.96. The number of carbonyl (C=O) groups excluding carboxylic acids is 2. The molecule has 5 nitrogen and oxygen atoms in total. The van der Waals surface area contributed by atoms with E-state index in [1.807, 2.05) is 24.0 Å². The maximum atomic E-state index is 13.4. The fraction of sp³-hybridized carbons (Fsp3) is 0.214. The van der Waals surface area contributed by atoms with Crippen molar-refractivity contribution in [1.82, 2.24) is 9.80 Å². The average molecular weight is 506 g/mol. The van der Waals surface area contributed by atoms with Gasteiger partial charge in [0.05, 0.1) is 11.7 Å². The highest BCUT2D eigenvalue weighted by Crippen LogP contribution is 2.35. The fourth-order valence-electron chi connectivity index (χ4n) is 4.94. The number of imide groups is 1. The van der Waals surface area contributed by atoms with Crippen molar-refractivity contribution < 1.29 is 9.59 Å². The predicted molar refractivity (Wildman–Crippen MR) is 139 cm³/mol. The molecule has 0 radical (unpaired) electrons. The van der Waals surface area contributed by atoms with Crippen LogP contribution in [0.4, 0.5) is 5.69 Å². The molecule has 7 heteroatoms. The van der Waals surface area contributed by atoms with E-state index in [0.717, 1.165) is 23.6 Å². The Morgan fingerprint density at radius 2 is 1.31 bits per heavy atom. The van der Waals surface area contributed by atoms with Gasteiger partial charge in [0.15, 0.2) is 0 Å². The Kier molecular flexibility index (Phi) is 6.65. The molecule has 0 aromatic heterocycles. The molecule has 0 spiro atoms. The zero-order chi connectivity index (χ0) is 24.5. The smallest absolute Gasteiger partial charge is 0.283 e. The molecule has 0 bridgehead atoms. The minimum Gasteiger partial charge on any atom is -0.363 e. The quantitative estimate of drug-likeness (QED) is 0.436. The Morgan fingerprint density at radius 3 is 1.86 bits per heavy atom. The molecular formula is C28H25Cl2N3O2. The molecular weight excluding hydrogens is 481 g/mol. The summed E-state index contributed by atoms with van der Waals surface area (Å²) in [6.07, 6.45) is 0. The Morgan fingerprint density at radius 1 is 0.743 bits per heavy atom. The summed E-state index contributed by atoms with van der Waals surface area (Å²) in [6, 6.07) is 26.1. The Bertz CT molecular complexity index is 1250. The number of hydrogen-bond acceptors (Lipinski definition) is 4. The first-order chi connectivity index (χ1) is 17.0. The summed E-state index contributed by atoms with van der Waals surface area (Å²) in [5.74, 6) is -0.882. The van der Waals surface area contributed by atoms with Crippen LogP contribution in [0.2, 0.25) is 5.02 Å². The molecule has 3 aromatic carbocycles. The Labute approximate surface area is 215 Å². The number of nitrogens with zero attached hydrogens (tertiary/aromatic N) is 3. The third kappa shape index (κ3) is 4.47. The van der Waals surface area contributed by atoms with Crippen LogP contribution in [0.1, 0.15) is 22.7 Å². The lowest BCUT2D eigenvalue weighted by Crippen LogP contribution is -2.48. The van der Waals surface area contributed by atoms with Crippen LogP contribution in [0.3, 0.4) is 0 Å². The summed E-state index contributed by atoms with van der Waals surface area (Å²) < 4.78 is 0. The fourth-order valence-corrected chi connectivity index (χ4v) is 5.45. The number of carbonyl (C=O) groups is 2. The van der Waals surface area contributed by atoms with E-state index in [4.69, 9.17) is 23.2 Å². The standard InChI is InChI=1S/C28H25Cl2N3O2/c1-19-18-22(29)12-13-23(19)33-27(34)24(30)26(28(33)35)32-16-14-31(15-17-32)25(20-8-4-2-5-9-20)21-10-6-3-7-11-21/h2-13,18,25H,14-17H2,1H3. The van der Waals surface area contributed by atoms with Gasteiger partial charge in [0.2, 0.25) is 0 Å². The van der Waals surface area contributed by atoms with E-state index >= 15 is 0 Å². The van der Waals surface area contributed by atoms with Crippen LogP contribution in [0.15, 0.2) is 89.6 Å². The highest BCUT2D eigenvalue weighted by atomic mass is 35.5. The van der Waals surface area contributed by atoms with E-state index < -0.39 is 5.91 Å². The van der Waals surface area contributed by atoms with Gasteiger partial charge >= 0.3 is 0 Å². The highest BCUT2D eigenvalue weighted by Gasteiger charge is 2.42. The normalized spacial score (nSPS) is 17.1. The molecule has 1 fully saturated rings. The Hall–Kier alpha value is -3.12. The number of piperazine rings is 1. The molecule has 0 atom stereocenters. The van der Waals surface area contributed by atoms with Gasteiger partial charge in [-0.25, -0.2) is 4.90 Å². The van der Waals surface area contributed by atoms with Crippen LogP contribution in [-0.4, -0.2) is 47.8 Å². The van der Waals surface area contributed by atoms with Gasteiger partial charge in [0, 0.05) is 31.2 Å². The van der Waals surface area contributed by atoms with Gasteiger partial charge in [0.1, 0.15) is 10.7 Å². The summed E-state index contributed by atoms with van der Waals surface area (Å²) in [4.78, 5) is 31.9. The van der Waals surface area contributed by atoms with E-state index in [1.165, 1.54) is 11.1 Å². The van der Waals surface area contributed by atoms with Crippen LogP contribution in [0, 0.1) is 6.92 Å². The molecule has 0 saturated carbocycles. The summed E-state index contributed by atoms with van der Waals surface area (Å²) in [5, 5.41) is 0.521. The lowest BCUT2D eigenvalue weighted by molar-refractivity contribution is -0.121. The summed E-state index contributed by atoms with van der Waals surface area (Å²) in [6.45, 7) is 4.45. The predicted octanol–water partition coefficient (Wildman–Crippen LogP) is 5.38. The maximum Gasteiger partial charge on any atom is 0.283 e. The molecule has 0 aliphatic carbocycles. The van der Waals surface area contributed by atoms with Gasteiger partial charge in [-0.1, -0.05) is 83.9 Å². The first kappa shape index (κ1) is 23.6. The number of amides is 2. The van der Waals surface area contributed by atoms with Gasteiger partial charge in [0.25, 0.3) is 11.8 Å². The second-order valence-electron chi connectivity index (χ2n) is 8.79. The largest absolute Gasteiger partial charge is 0.363 e. The molecule has 5 rings (SSSR count). The first-order valence-electron chi connectivity index (χ1n) is 11.6. The maximum absolute atomic E-state index is 13.4. The number of rotatable bonds is 5. The van der Waals surface area contributed by atoms with Gasteiger partial charge < -0.3 is 4.90 Å². The van der Waals surface area contributed by atoms with Crippen LogP contribution < -0.4 is 4.90 Å². The van der Waals surface area contributed by atoms with Gasteiger partial charge in [-0.15, -0.1) is 0 Å². The highest BCUT2D eigenvalue weighted by molar-refractivity contribution is 6.52. The first-order valence-corrected chi connectivity index (χ1v) is 12.3. The summed E-state index contributed by atoms with van der Waals surface area (Å²) in [5.41, 5.74) is 3.97. The molecule has 3 aromatic rings. The molecule has 2 heterocycles. The van der Waals surface area contributed by atoms with E-state index in [-0.39, 0.29) is 22.7 Å². The topological polar surface area (TPSA) is 43.9 Å². The average Bonchev–Trinajstić information content (AvgIpc) is 3.09. The van der Waals surface area contributed by atoms with Gasteiger partial charge in [-0.2, -0.15) is 0 Å². The van der Waals surface area contributed by atoms with Crippen molar-refractivity contribution in [2.45, 2.75) is 13.0 Å². The minimum atomic E-state index is -0.494. The Balaban J connectivity index is 1.37. The van der Waals surface area contributed by atoms with Crippen molar-refractivity contribution in [3.8, 4) is 0 Å². The minimum absolute atomic E-state index is 0.0273. The number of benzene rings is 3. The third-order valence-electron chi connectivity index (χ3n) is 6.63. The van der Waals surface area contributed by atoms with Gasteiger partial charge in [-0.05, 0) is 41.8 Å². The number of hydrogen-bond donors (Lipinski definition) is 0. The molecule has 0 N–H and O–H groups in total. The second kappa shape index (κ2) is 9.86. The van der Waals surface area contributed by atoms with Crippen molar-refractivity contribution in [2.24, 2.45) is 0 Å². The van der Waals surface area contributed by atoms with Crippen LogP contribution in [-0.2, 0) is 9.59 Å². The molecule has 1 saturated heterocycles. The second-order valence-corrected chi connectivity index (χ2v) is 9.60. The summed E-state index contributed by atoms with van der Waals surface area (Å²) >= 11 is 12.5. The summed E-state index contributed by atoms with van der Waals surface area (Å²) in [7, 11) is 0. The van der Waals surface area contributed by atoms with Crippen molar-refractivity contribution in [2.75, 3.05) is 31.1 Å². The van der Waals surface area contributed by atoms with Crippen molar-refractivity contribution in [1.29, 1.82) is 0 Å². The van der Waals surface area contributed by atoms with E-state index in [9.17, 15) is 9.59 Å². The molecule has 178 valence electrons. The molecule has 35 heavy (non-hydrogen) atoms. The van der Waals surface area contributed by atoms with Crippen molar-refractivity contribution >= 4 is 40.7 Å². The lowest BCUT2D eigenvalue weighted by Gasteiger charge is -2.40. The third-order valence-corrected chi connectivity index (χ3v) is 7.21. The van der Waals surface area contributed by atoms with Crippen LogP contribution >= 0.6 is 23.2 Å². The molecule has 2 amide bonds. The zero-order valence-electron chi connectivity index (χ0n) is 19.3. The SMILES string of the molecule is Cc1cc(Cl)ccc1N1C(=O)C(Cl)=C(N2CCN(C(c3ccccc3)c3ccccc3)CC2)C1=O. The van der Waals surface area contributed by atoms with Crippen molar-refractivity contribution in [3.63, 3.8) is 0 Å². The van der Waals surface area contributed by atoms with Crippen molar-refractivity contribution in [3.05, 3.63) is 111 Å². The molecule has 2 aliphatic rings. The number of anilines is 1. The van der Waals surface area contributed by atoms with E-state index in [2.05, 4.69) is 53.4 Å².